The number of esters is 1. The minimum Gasteiger partial charge on any atom is -0.504 e. The Hall–Kier alpha value is -4.89. The fourth-order valence-corrected chi connectivity index (χ4v) is 7.87. The topological polar surface area (TPSA) is 191 Å². The number of β-lactam (4-membered cyclic amide) rings is 1. The lowest BCUT2D eigenvalue weighted by molar-refractivity contribution is -0.384. The maximum Gasteiger partial charge on any atom is 0.356 e. The van der Waals surface area contributed by atoms with Crippen LogP contribution in [0.5, 0.6) is 11.5 Å². The highest BCUT2D eigenvalue weighted by Crippen LogP contribution is 2.52. The maximum atomic E-state index is 13.6. The lowest BCUT2D eigenvalue weighted by atomic mass is 9.79. The van der Waals surface area contributed by atoms with E-state index in [0.717, 1.165) is 0 Å². The molecule has 3 N–H and O–H groups in total. The quantitative estimate of drug-likeness (QED) is 0.0835. The number of aliphatic hydroxyl groups excluding tert-OH is 1. The van der Waals surface area contributed by atoms with Gasteiger partial charge in [-0.1, -0.05) is 13.0 Å². The summed E-state index contributed by atoms with van der Waals surface area (Å²) in [6, 6.07) is 8.36. The van der Waals surface area contributed by atoms with Crippen LogP contribution in [0.4, 0.5) is 5.69 Å². The normalized spacial score (nSPS) is 24.0. The zero-order valence-corrected chi connectivity index (χ0v) is 27.5. The van der Waals surface area contributed by atoms with Gasteiger partial charge in [0.25, 0.3) is 5.69 Å². The summed E-state index contributed by atoms with van der Waals surface area (Å²) in [5.74, 6) is -3.63. The number of nitro groups is 1. The Morgan fingerprint density at radius 1 is 1.15 bits per heavy atom. The lowest BCUT2D eigenvalue weighted by Crippen LogP contribution is -2.63. The fraction of sp³-hybridized carbons (Fsp3) is 0.394. The number of likely N-dealkylation sites (tertiary alicyclic amines) is 1. The van der Waals surface area contributed by atoms with Crippen molar-refractivity contribution < 1.29 is 44.2 Å². The summed E-state index contributed by atoms with van der Waals surface area (Å²) in [6.07, 6.45) is 2.06. The molecule has 5 rings (SSSR count). The van der Waals surface area contributed by atoms with Gasteiger partial charge in [0.15, 0.2) is 11.5 Å². The molecule has 254 valence electrons. The van der Waals surface area contributed by atoms with Gasteiger partial charge in [-0.2, -0.15) is 0 Å². The number of aromatic hydroxyl groups is 2. The molecule has 0 aromatic heterocycles. The standard InChI is InChI=1S/C33H36N4O10S/c1-17-28-27(18(2)38)32(43)36(28)29(33(44)47-16-20-5-9-21(10-6-20)37(45)46)30(17)48-22-14-23(31(42)34(3)4)35(15-22)26(41)12-8-19-7-11-24(39)25(40)13-19/h5-13,17-18,22-23,27-28,38-40H,14-16H2,1-4H3/t17-,18?,22+,23+,27-,28-/m1/s1. The number of phenols is 2. The Morgan fingerprint density at radius 2 is 1.83 bits per heavy atom. The number of aliphatic hydroxyl groups is 1. The second-order valence-corrected chi connectivity index (χ2v) is 13.6. The average Bonchev–Trinajstić information content (AvgIpc) is 3.57. The number of nitro benzene ring substituents is 1. The van der Waals surface area contributed by atoms with Crippen molar-refractivity contribution in [2.75, 3.05) is 20.6 Å². The second kappa shape index (κ2) is 13.7. The monoisotopic (exact) mass is 680 g/mol. The molecule has 2 aromatic carbocycles. The number of amides is 3. The van der Waals surface area contributed by atoms with Crippen LogP contribution in [0.15, 0.2) is 59.1 Å². The van der Waals surface area contributed by atoms with Crippen LogP contribution in [-0.4, -0.2) is 103 Å². The van der Waals surface area contributed by atoms with Crippen molar-refractivity contribution in [3.05, 3.63) is 80.4 Å². The number of phenolic OH excluding ortho intramolecular Hbond substituents is 2. The van der Waals surface area contributed by atoms with Crippen molar-refractivity contribution >= 4 is 47.2 Å². The summed E-state index contributed by atoms with van der Waals surface area (Å²) in [5.41, 5.74) is 0.907. The van der Waals surface area contributed by atoms with Crippen molar-refractivity contribution in [3.8, 4) is 11.5 Å². The van der Waals surface area contributed by atoms with Crippen LogP contribution in [-0.2, 0) is 30.5 Å². The highest BCUT2D eigenvalue weighted by molar-refractivity contribution is 8.03. The number of fused-ring (bicyclic) bond motifs is 1. The first-order valence-corrected chi connectivity index (χ1v) is 16.1. The van der Waals surface area contributed by atoms with Crippen LogP contribution >= 0.6 is 11.8 Å². The van der Waals surface area contributed by atoms with E-state index in [9.17, 15) is 44.6 Å². The van der Waals surface area contributed by atoms with E-state index in [1.807, 2.05) is 6.92 Å². The van der Waals surface area contributed by atoms with Crippen molar-refractivity contribution in [3.63, 3.8) is 0 Å². The van der Waals surface area contributed by atoms with Gasteiger partial charge in [0.2, 0.25) is 17.7 Å². The third-order valence-electron chi connectivity index (χ3n) is 8.80. The molecule has 0 saturated carbocycles. The van der Waals surface area contributed by atoms with Crippen molar-refractivity contribution in [1.82, 2.24) is 14.7 Å². The Labute approximate surface area is 280 Å². The van der Waals surface area contributed by atoms with E-state index in [4.69, 9.17) is 4.74 Å². The molecule has 1 unspecified atom stereocenters. The lowest BCUT2D eigenvalue weighted by Gasteiger charge is -2.46. The van der Waals surface area contributed by atoms with E-state index in [1.54, 1.807) is 14.1 Å². The molecular weight excluding hydrogens is 644 g/mol. The number of hydrogen-bond donors (Lipinski definition) is 3. The molecule has 0 aliphatic carbocycles. The van der Waals surface area contributed by atoms with Gasteiger partial charge in [-0.3, -0.25) is 24.5 Å². The fourth-order valence-electron chi connectivity index (χ4n) is 6.35. The number of hydrogen-bond acceptors (Lipinski definition) is 11. The Balaban J connectivity index is 1.39. The zero-order chi connectivity index (χ0) is 35.0. The molecule has 3 aliphatic rings. The molecule has 0 radical (unpaired) electrons. The van der Waals surface area contributed by atoms with Crippen LogP contribution in [0.1, 0.15) is 31.4 Å². The molecule has 2 aromatic rings. The average molecular weight is 681 g/mol. The molecule has 0 spiro atoms. The van der Waals surface area contributed by atoms with Crippen LogP contribution in [0.2, 0.25) is 0 Å². The first-order chi connectivity index (χ1) is 22.7. The number of non-ortho nitro benzene ring substituents is 1. The van der Waals surface area contributed by atoms with E-state index in [2.05, 4.69) is 0 Å². The minimum atomic E-state index is -0.952. The SMILES string of the molecule is CC(O)[C@H]1C(=O)N2C(C(=O)OCc3ccc([N+](=O)[O-])cc3)=C(S[C@H]3C[C@@H](C(=O)N(C)C)N(C(=O)C=Cc4ccc(O)c(O)c4)C3)[C@H](C)[C@H]12. The van der Waals surface area contributed by atoms with Gasteiger partial charge in [-0.05, 0) is 54.8 Å². The molecule has 14 nitrogen and oxygen atoms in total. The number of likely N-dealkylation sites (N-methyl/N-ethyl adjacent to an activating group) is 1. The number of ether oxygens (including phenoxy) is 1. The minimum absolute atomic E-state index is 0.0496. The molecule has 0 bridgehead atoms. The van der Waals surface area contributed by atoms with E-state index < -0.39 is 46.8 Å². The van der Waals surface area contributed by atoms with Gasteiger partial charge in [0.1, 0.15) is 18.3 Å². The molecule has 3 heterocycles. The number of carbonyl (C=O) groups is 4. The van der Waals surface area contributed by atoms with Crippen molar-refractivity contribution in [2.24, 2.45) is 11.8 Å². The summed E-state index contributed by atoms with van der Waals surface area (Å²) in [4.78, 5) is 68.7. The second-order valence-electron chi connectivity index (χ2n) is 12.3. The molecule has 3 aliphatic heterocycles. The Bertz CT molecular complexity index is 1710. The number of nitrogens with zero attached hydrogens (tertiary/aromatic N) is 4. The van der Waals surface area contributed by atoms with Crippen LogP contribution in [0.3, 0.4) is 0 Å². The molecule has 6 atom stereocenters. The van der Waals surface area contributed by atoms with E-state index in [1.165, 1.54) is 88.0 Å². The van der Waals surface area contributed by atoms with Gasteiger partial charge in [0.05, 0.1) is 23.0 Å². The molecule has 2 fully saturated rings. The van der Waals surface area contributed by atoms with Gasteiger partial charge < -0.3 is 34.8 Å². The number of thioether (sulfide) groups is 1. The highest BCUT2D eigenvalue weighted by Gasteiger charge is 2.60. The van der Waals surface area contributed by atoms with Gasteiger partial charge in [-0.15, -0.1) is 11.8 Å². The predicted molar refractivity (Wildman–Crippen MR) is 174 cm³/mol. The number of rotatable bonds is 10. The van der Waals surface area contributed by atoms with Crippen molar-refractivity contribution in [2.45, 2.75) is 50.3 Å². The van der Waals surface area contributed by atoms with Gasteiger partial charge >= 0.3 is 5.97 Å². The third-order valence-corrected chi connectivity index (χ3v) is 10.3. The third kappa shape index (κ3) is 6.60. The highest BCUT2D eigenvalue weighted by atomic mass is 32.2. The summed E-state index contributed by atoms with van der Waals surface area (Å²) in [5, 5.41) is 40.4. The molecule has 15 heteroatoms. The predicted octanol–water partition coefficient (Wildman–Crippen LogP) is 2.62. The van der Waals surface area contributed by atoms with Crippen LogP contribution in [0.25, 0.3) is 6.08 Å². The van der Waals surface area contributed by atoms with Crippen LogP contribution in [0, 0.1) is 22.0 Å². The molecular formula is C33H36N4O10S. The largest absolute Gasteiger partial charge is 0.504 e. The smallest absolute Gasteiger partial charge is 0.356 e. The summed E-state index contributed by atoms with van der Waals surface area (Å²) < 4.78 is 5.59. The van der Waals surface area contributed by atoms with E-state index in [0.29, 0.717) is 16.0 Å². The van der Waals surface area contributed by atoms with Gasteiger partial charge in [-0.25, -0.2) is 4.79 Å². The van der Waals surface area contributed by atoms with E-state index >= 15 is 0 Å². The maximum absolute atomic E-state index is 13.6. The Kier molecular flexibility index (Phi) is 9.82. The number of carbonyl (C=O) groups excluding carboxylic acids is 4. The Morgan fingerprint density at radius 3 is 2.44 bits per heavy atom. The van der Waals surface area contributed by atoms with E-state index in [-0.39, 0.29) is 59.5 Å². The molecule has 48 heavy (non-hydrogen) atoms. The first-order valence-electron chi connectivity index (χ1n) is 15.2. The summed E-state index contributed by atoms with van der Waals surface area (Å²) in [7, 11) is 3.18. The summed E-state index contributed by atoms with van der Waals surface area (Å²) >= 11 is 1.30. The van der Waals surface area contributed by atoms with Gasteiger partial charge in [0, 0.05) is 54.9 Å². The number of benzene rings is 2. The zero-order valence-electron chi connectivity index (χ0n) is 26.7. The molecule has 3 amide bonds. The molecule has 2 saturated heterocycles. The van der Waals surface area contributed by atoms with Crippen molar-refractivity contribution in [1.29, 1.82) is 0 Å². The summed E-state index contributed by atoms with van der Waals surface area (Å²) in [6.45, 7) is 3.33. The first kappa shape index (κ1) is 34.4. The van der Waals surface area contributed by atoms with Crippen LogP contribution < -0.4 is 0 Å².